The van der Waals surface area contributed by atoms with E-state index in [0.717, 1.165) is 11.4 Å². The van der Waals surface area contributed by atoms with Gasteiger partial charge in [-0.3, -0.25) is 0 Å². The van der Waals surface area contributed by atoms with Gasteiger partial charge in [0.05, 0.1) is 6.10 Å². The summed E-state index contributed by atoms with van der Waals surface area (Å²) in [4.78, 5) is 6.19. The number of β-amino-alcohol motifs (C(OH)–C–C–N with tert-alkyl or cyclic N) is 1. The van der Waals surface area contributed by atoms with Crippen LogP contribution in [-0.2, 0) is 0 Å². The maximum absolute atomic E-state index is 10.2. The minimum Gasteiger partial charge on any atom is -0.387 e. The van der Waals surface area contributed by atoms with Crippen LogP contribution in [0.2, 0.25) is 0 Å². The first-order valence-electron chi connectivity index (χ1n) is 5.86. The molecule has 1 atom stereocenters. The number of nitrogens with zero attached hydrogens (tertiary/aromatic N) is 2. The maximum Gasteiger partial charge on any atom is 0.133 e. The van der Waals surface area contributed by atoms with E-state index in [1.165, 1.54) is 0 Å². The van der Waals surface area contributed by atoms with Gasteiger partial charge in [0.25, 0.3) is 0 Å². The molecule has 4 nitrogen and oxygen atoms in total. The summed E-state index contributed by atoms with van der Waals surface area (Å²) in [7, 11) is 3.85. The molecular formula is C13H23N3O. The predicted octanol–water partition coefficient (Wildman–Crippen LogP) is 1.57. The second kappa shape index (κ2) is 5.47. The van der Waals surface area contributed by atoms with Crippen LogP contribution in [0.4, 0.5) is 5.82 Å². The van der Waals surface area contributed by atoms with Crippen molar-refractivity contribution in [3.8, 4) is 0 Å². The molecule has 0 aromatic carbocycles. The summed E-state index contributed by atoms with van der Waals surface area (Å²) in [5.74, 6) is 0.815. The first-order valence-corrected chi connectivity index (χ1v) is 5.86. The third kappa shape index (κ3) is 4.32. The van der Waals surface area contributed by atoms with Crippen LogP contribution in [0.25, 0.3) is 0 Å². The van der Waals surface area contributed by atoms with Crippen molar-refractivity contribution in [3.05, 3.63) is 23.9 Å². The van der Waals surface area contributed by atoms with Crippen molar-refractivity contribution in [3.63, 3.8) is 0 Å². The predicted molar refractivity (Wildman–Crippen MR) is 71.3 cm³/mol. The number of aliphatic hydroxyl groups excluding tert-OH is 1. The molecule has 2 N–H and O–H groups in total. The Morgan fingerprint density at radius 2 is 2.06 bits per heavy atom. The first kappa shape index (κ1) is 13.9. The Bertz CT molecular complexity index is 358. The zero-order valence-corrected chi connectivity index (χ0v) is 11.4. The van der Waals surface area contributed by atoms with Crippen molar-refractivity contribution in [2.45, 2.75) is 32.4 Å². The molecule has 96 valence electrons. The van der Waals surface area contributed by atoms with Crippen molar-refractivity contribution in [2.24, 2.45) is 0 Å². The standard InChI is InChI=1S/C13H23N3O/c1-13(2,3)15-9-11(17)10-7-6-8-14-12(10)16(4)5/h6-8,11,15,17H,9H2,1-5H3/t11-/m0/s1. The maximum atomic E-state index is 10.2. The molecule has 0 fully saturated rings. The van der Waals surface area contributed by atoms with Gasteiger partial charge in [-0.15, -0.1) is 0 Å². The molecule has 1 heterocycles. The van der Waals surface area contributed by atoms with Crippen LogP contribution in [0.1, 0.15) is 32.4 Å². The average molecular weight is 237 g/mol. The molecule has 0 radical (unpaired) electrons. The topological polar surface area (TPSA) is 48.4 Å². The Labute approximate surface area is 104 Å². The molecule has 1 rings (SSSR count). The van der Waals surface area contributed by atoms with Gasteiger partial charge >= 0.3 is 0 Å². The van der Waals surface area contributed by atoms with Crippen LogP contribution in [0.15, 0.2) is 18.3 Å². The number of hydrogen-bond acceptors (Lipinski definition) is 4. The van der Waals surface area contributed by atoms with Crippen LogP contribution in [0, 0.1) is 0 Å². The highest BCUT2D eigenvalue weighted by Crippen LogP contribution is 2.22. The fourth-order valence-corrected chi connectivity index (χ4v) is 1.56. The first-order chi connectivity index (χ1) is 7.81. The fraction of sp³-hybridized carbons (Fsp3) is 0.615. The lowest BCUT2D eigenvalue weighted by Crippen LogP contribution is -2.38. The van der Waals surface area contributed by atoms with Crippen molar-refractivity contribution in [2.75, 3.05) is 25.5 Å². The van der Waals surface area contributed by atoms with Crippen molar-refractivity contribution >= 4 is 5.82 Å². The van der Waals surface area contributed by atoms with E-state index < -0.39 is 6.10 Å². The van der Waals surface area contributed by atoms with Gasteiger partial charge in [0, 0.05) is 37.9 Å². The Balaban J connectivity index is 2.78. The van der Waals surface area contributed by atoms with Gasteiger partial charge in [-0.1, -0.05) is 6.07 Å². The zero-order chi connectivity index (χ0) is 13.1. The van der Waals surface area contributed by atoms with Crippen molar-refractivity contribution < 1.29 is 5.11 Å². The molecule has 0 saturated heterocycles. The minimum absolute atomic E-state index is 0.00146. The lowest BCUT2D eigenvalue weighted by atomic mass is 10.1. The number of hydrogen-bond donors (Lipinski definition) is 2. The lowest BCUT2D eigenvalue weighted by molar-refractivity contribution is 0.163. The molecule has 0 aliphatic rings. The lowest BCUT2D eigenvalue weighted by Gasteiger charge is -2.25. The molecule has 0 bridgehead atoms. The van der Waals surface area contributed by atoms with Crippen molar-refractivity contribution in [1.82, 2.24) is 10.3 Å². The Morgan fingerprint density at radius 1 is 1.41 bits per heavy atom. The molecule has 0 unspecified atom stereocenters. The van der Waals surface area contributed by atoms with E-state index >= 15 is 0 Å². The van der Waals surface area contributed by atoms with Crippen LogP contribution in [0.5, 0.6) is 0 Å². The number of nitrogens with one attached hydrogen (secondary N) is 1. The smallest absolute Gasteiger partial charge is 0.133 e. The highest BCUT2D eigenvalue weighted by Gasteiger charge is 2.17. The van der Waals surface area contributed by atoms with E-state index in [1.54, 1.807) is 6.20 Å². The number of aliphatic hydroxyl groups is 1. The Hall–Kier alpha value is -1.13. The van der Waals surface area contributed by atoms with Crippen LogP contribution in [0.3, 0.4) is 0 Å². The Morgan fingerprint density at radius 3 is 2.59 bits per heavy atom. The van der Waals surface area contributed by atoms with E-state index in [4.69, 9.17) is 0 Å². The van der Waals surface area contributed by atoms with Gasteiger partial charge in [0.2, 0.25) is 0 Å². The van der Waals surface area contributed by atoms with Crippen LogP contribution in [-0.4, -0.2) is 36.3 Å². The number of rotatable bonds is 4. The third-order valence-corrected chi connectivity index (χ3v) is 2.43. The molecule has 0 spiro atoms. The second-order valence-electron chi connectivity index (χ2n) is 5.46. The molecular weight excluding hydrogens is 214 g/mol. The summed E-state index contributed by atoms with van der Waals surface area (Å²) in [5, 5.41) is 13.5. The zero-order valence-electron chi connectivity index (χ0n) is 11.4. The summed E-state index contributed by atoms with van der Waals surface area (Å²) >= 11 is 0. The second-order valence-corrected chi connectivity index (χ2v) is 5.46. The molecule has 0 saturated carbocycles. The summed E-state index contributed by atoms with van der Waals surface area (Å²) in [5.41, 5.74) is 0.857. The Kier molecular flexibility index (Phi) is 4.48. The molecule has 17 heavy (non-hydrogen) atoms. The monoisotopic (exact) mass is 237 g/mol. The van der Waals surface area contributed by atoms with Gasteiger partial charge < -0.3 is 15.3 Å². The van der Waals surface area contributed by atoms with Gasteiger partial charge in [0.15, 0.2) is 0 Å². The highest BCUT2D eigenvalue weighted by molar-refractivity contribution is 5.46. The average Bonchev–Trinajstić information content (AvgIpc) is 2.25. The van der Waals surface area contributed by atoms with Crippen molar-refractivity contribution in [1.29, 1.82) is 0 Å². The quantitative estimate of drug-likeness (QED) is 0.834. The minimum atomic E-state index is -0.541. The SMILES string of the molecule is CN(C)c1ncccc1[C@@H](O)CNC(C)(C)C. The summed E-state index contributed by atoms with van der Waals surface area (Å²) < 4.78 is 0. The number of aromatic nitrogens is 1. The highest BCUT2D eigenvalue weighted by atomic mass is 16.3. The normalized spacial score (nSPS) is 13.5. The van der Waals surface area contributed by atoms with Gasteiger partial charge in [-0.25, -0.2) is 4.98 Å². The van der Waals surface area contributed by atoms with Gasteiger partial charge in [-0.2, -0.15) is 0 Å². The van der Waals surface area contributed by atoms with E-state index in [2.05, 4.69) is 31.1 Å². The molecule has 0 aliphatic heterocycles. The van der Waals surface area contributed by atoms with E-state index in [-0.39, 0.29) is 5.54 Å². The molecule has 4 heteroatoms. The fourth-order valence-electron chi connectivity index (χ4n) is 1.56. The van der Waals surface area contributed by atoms with E-state index in [9.17, 15) is 5.11 Å². The number of anilines is 1. The molecule has 1 aromatic rings. The van der Waals surface area contributed by atoms with E-state index in [1.807, 2.05) is 31.1 Å². The van der Waals surface area contributed by atoms with Gasteiger partial charge in [0.1, 0.15) is 5.82 Å². The van der Waals surface area contributed by atoms with E-state index in [0.29, 0.717) is 6.54 Å². The molecule has 0 aliphatic carbocycles. The summed E-state index contributed by atoms with van der Waals surface area (Å²) in [6.45, 7) is 6.76. The van der Waals surface area contributed by atoms with Gasteiger partial charge in [-0.05, 0) is 26.8 Å². The number of pyridine rings is 1. The van der Waals surface area contributed by atoms with Crippen LogP contribution < -0.4 is 10.2 Å². The summed E-state index contributed by atoms with van der Waals surface area (Å²) in [6, 6.07) is 3.76. The molecule has 1 aromatic heterocycles. The summed E-state index contributed by atoms with van der Waals surface area (Å²) in [6.07, 6.45) is 1.20. The largest absolute Gasteiger partial charge is 0.387 e. The molecule has 0 amide bonds. The third-order valence-electron chi connectivity index (χ3n) is 2.43. The van der Waals surface area contributed by atoms with Crippen LogP contribution >= 0.6 is 0 Å².